The van der Waals surface area contributed by atoms with Crippen LogP contribution in [0.25, 0.3) is 0 Å². The van der Waals surface area contributed by atoms with Gasteiger partial charge in [-0.15, -0.1) is 0 Å². The van der Waals surface area contributed by atoms with E-state index in [0.717, 1.165) is 6.26 Å². The minimum Gasteiger partial charge on any atom is -0.364 e. The van der Waals surface area contributed by atoms with Crippen LogP contribution in [-0.4, -0.2) is 25.7 Å². The molecule has 6 nitrogen and oxygen atoms in total. The SMILES string of the molecule is Cc1ccc(NC(=O)c2ccon2)cc1S(C)(=O)=O. The van der Waals surface area contributed by atoms with E-state index in [2.05, 4.69) is 15.0 Å². The predicted octanol–water partition coefficient (Wildman–Crippen LogP) is 1.64. The van der Waals surface area contributed by atoms with Crippen molar-refractivity contribution < 1.29 is 17.7 Å². The van der Waals surface area contributed by atoms with E-state index in [9.17, 15) is 13.2 Å². The summed E-state index contributed by atoms with van der Waals surface area (Å²) in [5.41, 5.74) is 1.14. The van der Waals surface area contributed by atoms with Gasteiger partial charge in [0.25, 0.3) is 5.91 Å². The molecule has 1 aromatic carbocycles. The number of nitrogens with one attached hydrogen (secondary N) is 1. The second kappa shape index (κ2) is 4.85. The minimum atomic E-state index is -3.33. The molecule has 0 bridgehead atoms. The van der Waals surface area contributed by atoms with E-state index in [0.29, 0.717) is 11.3 Å². The van der Waals surface area contributed by atoms with Crippen LogP contribution in [0.4, 0.5) is 5.69 Å². The van der Waals surface area contributed by atoms with Gasteiger partial charge in [0, 0.05) is 18.0 Å². The highest BCUT2D eigenvalue weighted by Gasteiger charge is 2.14. The monoisotopic (exact) mass is 280 g/mol. The minimum absolute atomic E-state index is 0.126. The van der Waals surface area contributed by atoms with Gasteiger partial charge in [0.1, 0.15) is 6.26 Å². The predicted molar refractivity (Wildman–Crippen MR) is 68.7 cm³/mol. The van der Waals surface area contributed by atoms with Crippen LogP contribution in [0.2, 0.25) is 0 Å². The van der Waals surface area contributed by atoms with Gasteiger partial charge in [0.05, 0.1) is 4.90 Å². The van der Waals surface area contributed by atoms with Crippen molar-refractivity contribution in [3.8, 4) is 0 Å². The molecule has 0 saturated carbocycles. The summed E-state index contributed by atoms with van der Waals surface area (Å²) in [6.07, 6.45) is 2.41. The lowest BCUT2D eigenvalue weighted by Crippen LogP contribution is -2.13. The number of benzene rings is 1. The third-order valence-corrected chi connectivity index (χ3v) is 3.75. The van der Waals surface area contributed by atoms with Crippen LogP contribution in [0, 0.1) is 6.92 Å². The zero-order valence-electron chi connectivity index (χ0n) is 10.4. The van der Waals surface area contributed by atoms with E-state index in [1.807, 2.05) is 0 Å². The van der Waals surface area contributed by atoms with Crippen molar-refractivity contribution in [3.05, 3.63) is 41.8 Å². The van der Waals surface area contributed by atoms with Crippen LogP contribution >= 0.6 is 0 Å². The largest absolute Gasteiger partial charge is 0.364 e. The van der Waals surface area contributed by atoms with E-state index in [4.69, 9.17) is 0 Å². The molecule has 0 aliphatic heterocycles. The first-order chi connectivity index (χ1) is 8.88. The Kier molecular flexibility index (Phi) is 3.39. The smallest absolute Gasteiger partial charge is 0.277 e. The van der Waals surface area contributed by atoms with E-state index < -0.39 is 15.7 Å². The molecule has 0 aliphatic carbocycles. The highest BCUT2D eigenvalue weighted by atomic mass is 32.2. The summed E-state index contributed by atoms with van der Waals surface area (Å²) in [5.74, 6) is -0.461. The maximum absolute atomic E-state index is 11.7. The Morgan fingerprint density at radius 2 is 2.05 bits per heavy atom. The molecule has 0 fully saturated rings. The number of hydrogen-bond donors (Lipinski definition) is 1. The zero-order chi connectivity index (χ0) is 14.0. The molecule has 0 atom stereocenters. The van der Waals surface area contributed by atoms with Gasteiger partial charge in [-0.25, -0.2) is 8.42 Å². The van der Waals surface area contributed by atoms with Crippen molar-refractivity contribution in [1.82, 2.24) is 5.16 Å². The van der Waals surface area contributed by atoms with Crippen LogP contribution in [0.3, 0.4) is 0 Å². The molecular weight excluding hydrogens is 268 g/mol. The third-order valence-electron chi connectivity index (χ3n) is 2.52. The first kappa shape index (κ1) is 13.3. The molecule has 1 N–H and O–H groups in total. The summed E-state index contributed by atoms with van der Waals surface area (Å²) >= 11 is 0. The highest BCUT2D eigenvalue weighted by molar-refractivity contribution is 7.90. The first-order valence-corrected chi connectivity index (χ1v) is 7.29. The van der Waals surface area contributed by atoms with Gasteiger partial charge in [0.15, 0.2) is 15.5 Å². The fourth-order valence-corrected chi connectivity index (χ4v) is 2.60. The highest BCUT2D eigenvalue weighted by Crippen LogP contribution is 2.20. The molecule has 1 amide bonds. The van der Waals surface area contributed by atoms with Gasteiger partial charge >= 0.3 is 0 Å². The Morgan fingerprint density at radius 3 is 2.63 bits per heavy atom. The molecule has 1 aromatic heterocycles. The van der Waals surface area contributed by atoms with E-state index in [1.54, 1.807) is 19.1 Å². The van der Waals surface area contributed by atoms with Gasteiger partial charge in [-0.3, -0.25) is 4.79 Å². The number of amides is 1. The number of carbonyl (C=O) groups is 1. The average Bonchev–Trinajstić information content (AvgIpc) is 2.83. The number of aryl methyl sites for hydroxylation is 1. The van der Waals surface area contributed by atoms with Crippen molar-refractivity contribution in [1.29, 1.82) is 0 Å². The number of hydrogen-bond acceptors (Lipinski definition) is 5. The normalized spacial score (nSPS) is 11.3. The number of carbonyl (C=O) groups excluding carboxylic acids is 1. The Labute approximate surface area is 110 Å². The van der Waals surface area contributed by atoms with Crippen LogP contribution < -0.4 is 5.32 Å². The lowest BCUT2D eigenvalue weighted by molar-refractivity contribution is 0.101. The van der Waals surface area contributed by atoms with Gasteiger partial charge in [-0.2, -0.15) is 0 Å². The fraction of sp³-hybridized carbons (Fsp3) is 0.167. The number of nitrogens with zero attached hydrogens (tertiary/aromatic N) is 1. The third kappa shape index (κ3) is 3.00. The first-order valence-electron chi connectivity index (χ1n) is 5.40. The van der Waals surface area contributed by atoms with Gasteiger partial charge in [0.2, 0.25) is 0 Å². The summed E-state index contributed by atoms with van der Waals surface area (Å²) in [4.78, 5) is 11.9. The molecule has 0 unspecified atom stereocenters. The summed E-state index contributed by atoms with van der Waals surface area (Å²) in [5, 5.41) is 6.05. The molecule has 0 saturated heterocycles. The van der Waals surface area contributed by atoms with Crippen molar-refractivity contribution in [3.63, 3.8) is 0 Å². The van der Waals surface area contributed by atoms with E-state index in [-0.39, 0.29) is 10.6 Å². The standard InChI is InChI=1S/C12H12N2O4S/c1-8-3-4-9(7-11(8)19(2,16)17)13-12(15)10-5-6-18-14-10/h3-7H,1-2H3,(H,13,15). The quantitative estimate of drug-likeness (QED) is 0.923. The summed E-state index contributed by atoms with van der Waals surface area (Å²) in [6, 6.07) is 6.10. The zero-order valence-corrected chi connectivity index (χ0v) is 11.2. The lowest BCUT2D eigenvalue weighted by Gasteiger charge is -2.07. The van der Waals surface area contributed by atoms with Crippen LogP contribution in [0.15, 0.2) is 39.9 Å². The molecule has 2 rings (SSSR count). The Hall–Kier alpha value is -2.15. The maximum Gasteiger partial charge on any atom is 0.277 e. The number of aromatic nitrogens is 1. The molecule has 2 aromatic rings. The van der Waals surface area contributed by atoms with Crippen molar-refractivity contribution in [2.24, 2.45) is 0 Å². The summed E-state index contributed by atoms with van der Waals surface area (Å²) < 4.78 is 27.7. The van der Waals surface area contributed by atoms with Gasteiger partial charge in [-0.1, -0.05) is 11.2 Å². The second-order valence-electron chi connectivity index (χ2n) is 4.09. The van der Waals surface area contributed by atoms with Crippen LogP contribution in [0.1, 0.15) is 16.1 Å². The maximum atomic E-state index is 11.7. The van der Waals surface area contributed by atoms with Crippen molar-refractivity contribution in [2.75, 3.05) is 11.6 Å². The molecular formula is C12H12N2O4S. The molecule has 0 radical (unpaired) electrons. The molecule has 1 heterocycles. The summed E-state index contributed by atoms with van der Waals surface area (Å²) in [6.45, 7) is 1.69. The second-order valence-corrected chi connectivity index (χ2v) is 6.08. The van der Waals surface area contributed by atoms with Crippen LogP contribution in [0.5, 0.6) is 0 Å². The molecule has 19 heavy (non-hydrogen) atoms. The van der Waals surface area contributed by atoms with Crippen molar-refractivity contribution >= 4 is 21.4 Å². The Balaban J connectivity index is 2.30. The Morgan fingerprint density at radius 1 is 1.32 bits per heavy atom. The molecule has 0 spiro atoms. The van der Waals surface area contributed by atoms with E-state index in [1.165, 1.54) is 18.4 Å². The van der Waals surface area contributed by atoms with Gasteiger partial charge in [-0.05, 0) is 24.6 Å². The lowest BCUT2D eigenvalue weighted by atomic mass is 10.2. The number of rotatable bonds is 3. The average molecular weight is 280 g/mol. The molecule has 100 valence electrons. The Bertz CT molecular complexity index is 705. The number of anilines is 1. The fourth-order valence-electron chi connectivity index (χ4n) is 1.60. The van der Waals surface area contributed by atoms with Gasteiger partial charge < -0.3 is 9.84 Å². The topological polar surface area (TPSA) is 89.3 Å². The van der Waals surface area contributed by atoms with Crippen molar-refractivity contribution in [2.45, 2.75) is 11.8 Å². The number of sulfone groups is 1. The summed E-state index contributed by atoms with van der Waals surface area (Å²) in [7, 11) is -3.33. The molecule has 0 aliphatic rings. The molecule has 7 heteroatoms. The van der Waals surface area contributed by atoms with E-state index >= 15 is 0 Å². The van der Waals surface area contributed by atoms with Crippen LogP contribution in [-0.2, 0) is 9.84 Å².